The van der Waals surface area contributed by atoms with Gasteiger partial charge in [-0.2, -0.15) is 0 Å². The number of nitrogens with one attached hydrogen (secondary N) is 1. The van der Waals surface area contributed by atoms with E-state index >= 15 is 0 Å². The second kappa shape index (κ2) is 8.11. The third kappa shape index (κ3) is 4.05. The molecule has 0 saturated carbocycles. The molecule has 0 unspecified atom stereocenters. The number of anilines is 1. The van der Waals surface area contributed by atoms with Crippen molar-refractivity contribution in [2.24, 2.45) is 5.92 Å². The minimum Gasteiger partial charge on any atom is -0.356 e. The molecule has 4 rings (SSSR count). The lowest BCUT2D eigenvalue weighted by molar-refractivity contribution is -0.125. The average molecular weight is 365 g/mol. The van der Waals surface area contributed by atoms with Gasteiger partial charge in [0.2, 0.25) is 11.9 Å². The first kappa shape index (κ1) is 17.4. The van der Waals surface area contributed by atoms with Crippen LogP contribution < -0.4 is 10.2 Å². The van der Waals surface area contributed by atoms with Crippen LogP contribution >= 0.6 is 0 Å². The van der Waals surface area contributed by atoms with Crippen molar-refractivity contribution in [3.8, 4) is 0 Å². The molecule has 0 aromatic carbocycles. The van der Waals surface area contributed by atoms with Crippen LogP contribution in [-0.4, -0.2) is 50.1 Å². The summed E-state index contributed by atoms with van der Waals surface area (Å²) in [7, 11) is 0. The molecule has 140 valence electrons. The summed E-state index contributed by atoms with van der Waals surface area (Å²) < 4.78 is 1.99. The van der Waals surface area contributed by atoms with Crippen molar-refractivity contribution >= 4 is 17.5 Å². The third-order valence-electron chi connectivity index (χ3n) is 4.89. The molecule has 1 N–H and O–H groups in total. The van der Waals surface area contributed by atoms with Crippen LogP contribution in [0.1, 0.15) is 25.1 Å². The van der Waals surface area contributed by atoms with Crippen molar-refractivity contribution in [2.45, 2.75) is 25.7 Å². The number of aryl methyl sites for hydroxylation is 1. The lowest BCUT2D eigenvalue weighted by Crippen LogP contribution is -2.43. The van der Waals surface area contributed by atoms with Gasteiger partial charge in [-0.05, 0) is 37.5 Å². The fourth-order valence-electron chi connectivity index (χ4n) is 3.49. The first-order valence-electron chi connectivity index (χ1n) is 9.39. The van der Waals surface area contributed by atoms with E-state index in [1.165, 1.54) is 0 Å². The highest BCUT2D eigenvalue weighted by atomic mass is 16.1. The van der Waals surface area contributed by atoms with Gasteiger partial charge < -0.3 is 10.2 Å². The number of piperidine rings is 1. The molecule has 0 bridgehead atoms. The molecular formula is C19H23N7O. The molecule has 0 aliphatic carbocycles. The van der Waals surface area contributed by atoms with Crippen molar-refractivity contribution in [3.63, 3.8) is 0 Å². The molecule has 0 radical (unpaired) electrons. The number of amides is 1. The van der Waals surface area contributed by atoms with E-state index in [0.717, 1.165) is 43.7 Å². The van der Waals surface area contributed by atoms with Gasteiger partial charge in [0.25, 0.3) is 0 Å². The number of carbonyl (C=O) groups is 1. The van der Waals surface area contributed by atoms with E-state index in [1.807, 2.05) is 28.8 Å². The Morgan fingerprint density at radius 3 is 2.96 bits per heavy atom. The molecular weight excluding hydrogens is 342 g/mol. The number of hydrogen-bond acceptors (Lipinski definition) is 6. The Morgan fingerprint density at radius 2 is 2.07 bits per heavy atom. The van der Waals surface area contributed by atoms with Crippen LogP contribution in [-0.2, 0) is 11.2 Å². The Bertz CT molecular complexity index is 895. The molecule has 1 saturated heterocycles. The summed E-state index contributed by atoms with van der Waals surface area (Å²) >= 11 is 0. The highest BCUT2D eigenvalue weighted by Crippen LogP contribution is 2.20. The lowest BCUT2D eigenvalue weighted by atomic mass is 9.97. The van der Waals surface area contributed by atoms with Crippen LogP contribution in [0.3, 0.4) is 0 Å². The van der Waals surface area contributed by atoms with E-state index < -0.39 is 0 Å². The van der Waals surface area contributed by atoms with Crippen LogP contribution in [0, 0.1) is 5.92 Å². The maximum atomic E-state index is 12.5. The van der Waals surface area contributed by atoms with Crippen LogP contribution in [0.5, 0.6) is 0 Å². The second-order valence-electron chi connectivity index (χ2n) is 6.77. The van der Waals surface area contributed by atoms with Gasteiger partial charge in [-0.1, -0.05) is 6.07 Å². The summed E-state index contributed by atoms with van der Waals surface area (Å²) in [6, 6.07) is 7.65. The second-order valence-corrected chi connectivity index (χ2v) is 6.77. The van der Waals surface area contributed by atoms with Crippen molar-refractivity contribution in [2.75, 3.05) is 24.5 Å². The van der Waals surface area contributed by atoms with Gasteiger partial charge in [0.15, 0.2) is 5.65 Å². The molecule has 3 aromatic rings. The summed E-state index contributed by atoms with van der Waals surface area (Å²) in [4.78, 5) is 23.2. The average Bonchev–Trinajstić information content (AvgIpc) is 3.15. The van der Waals surface area contributed by atoms with E-state index in [-0.39, 0.29) is 11.8 Å². The zero-order valence-electron chi connectivity index (χ0n) is 15.2. The normalized spacial score (nSPS) is 17.2. The van der Waals surface area contributed by atoms with Crippen molar-refractivity contribution in [3.05, 3.63) is 48.7 Å². The topological polar surface area (TPSA) is 88.3 Å². The van der Waals surface area contributed by atoms with E-state index in [9.17, 15) is 4.79 Å². The molecule has 3 aromatic heterocycles. The predicted molar refractivity (Wildman–Crippen MR) is 101 cm³/mol. The van der Waals surface area contributed by atoms with E-state index in [0.29, 0.717) is 19.0 Å². The zero-order valence-corrected chi connectivity index (χ0v) is 15.2. The Balaban J connectivity index is 1.25. The summed E-state index contributed by atoms with van der Waals surface area (Å²) in [5, 5.41) is 11.4. The van der Waals surface area contributed by atoms with Gasteiger partial charge in [0.1, 0.15) is 5.82 Å². The Hall–Kier alpha value is -3.03. The SMILES string of the molecule is O=C(NCCCc1nnc2ccccn12)[C@H]1CCCN(c2ncccn2)C1. The maximum absolute atomic E-state index is 12.5. The molecule has 8 nitrogen and oxygen atoms in total. The third-order valence-corrected chi connectivity index (χ3v) is 4.89. The number of nitrogens with zero attached hydrogens (tertiary/aromatic N) is 6. The number of hydrogen-bond donors (Lipinski definition) is 1. The van der Waals surface area contributed by atoms with Crippen molar-refractivity contribution in [1.29, 1.82) is 0 Å². The van der Waals surface area contributed by atoms with Gasteiger partial charge in [-0.3, -0.25) is 9.20 Å². The van der Waals surface area contributed by atoms with Gasteiger partial charge in [-0.25, -0.2) is 9.97 Å². The maximum Gasteiger partial charge on any atom is 0.225 e. The molecule has 1 atom stereocenters. The Labute approximate surface area is 157 Å². The van der Waals surface area contributed by atoms with Crippen LogP contribution in [0.2, 0.25) is 0 Å². The highest BCUT2D eigenvalue weighted by molar-refractivity contribution is 5.79. The molecule has 27 heavy (non-hydrogen) atoms. The van der Waals surface area contributed by atoms with Crippen LogP contribution in [0.4, 0.5) is 5.95 Å². The van der Waals surface area contributed by atoms with E-state index in [2.05, 4.69) is 30.4 Å². The first-order chi connectivity index (χ1) is 13.3. The first-order valence-corrected chi connectivity index (χ1v) is 9.39. The molecule has 0 spiro atoms. The molecule has 4 heterocycles. The quantitative estimate of drug-likeness (QED) is 0.666. The monoisotopic (exact) mass is 365 g/mol. The fourth-order valence-corrected chi connectivity index (χ4v) is 3.49. The van der Waals surface area contributed by atoms with Gasteiger partial charge in [-0.15, -0.1) is 10.2 Å². The highest BCUT2D eigenvalue weighted by Gasteiger charge is 2.26. The molecule has 1 aliphatic rings. The smallest absolute Gasteiger partial charge is 0.225 e. The van der Waals surface area contributed by atoms with Crippen LogP contribution in [0.25, 0.3) is 5.65 Å². The number of pyridine rings is 1. The van der Waals surface area contributed by atoms with Crippen molar-refractivity contribution < 1.29 is 4.79 Å². The minimum atomic E-state index is -0.0171. The summed E-state index contributed by atoms with van der Waals surface area (Å²) in [5.41, 5.74) is 0.849. The minimum absolute atomic E-state index is 0.0171. The van der Waals surface area contributed by atoms with Gasteiger partial charge in [0, 0.05) is 44.6 Å². The number of rotatable bonds is 6. The van der Waals surface area contributed by atoms with Crippen LogP contribution in [0.15, 0.2) is 42.9 Å². The van der Waals surface area contributed by atoms with Gasteiger partial charge >= 0.3 is 0 Å². The van der Waals surface area contributed by atoms with Gasteiger partial charge in [0.05, 0.1) is 5.92 Å². The standard InChI is InChI=1S/C19H23N7O/c27-18(15-6-4-12-25(14-15)19-21-10-5-11-22-19)20-9-3-8-17-24-23-16-7-1-2-13-26(16)17/h1-2,5,7,10-11,13,15H,3-4,6,8-9,12,14H2,(H,20,27)/t15-/m0/s1. The Kier molecular flexibility index (Phi) is 5.22. The molecule has 1 fully saturated rings. The van der Waals surface area contributed by atoms with E-state index in [4.69, 9.17) is 0 Å². The molecule has 1 aliphatic heterocycles. The zero-order chi connectivity index (χ0) is 18.5. The molecule has 8 heteroatoms. The largest absolute Gasteiger partial charge is 0.356 e. The number of carbonyl (C=O) groups excluding carboxylic acids is 1. The summed E-state index contributed by atoms with van der Waals surface area (Å²) in [5.74, 6) is 1.72. The Morgan fingerprint density at radius 1 is 1.19 bits per heavy atom. The molecule has 1 amide bonds. The summed E-state index contributed by atoms with van der Waals surface area (Å²) in [6.07, 6.45) is 8.93. The van der Waals surface area contributed by atoms with E-state index in [1.54, 1.807) is 18.5 Å². The number of fused-ring (bicyclic) bond motifs is 1. The summed E-state index contributed by atoms with van der Waals surface area (Å²) in [6.45, 7) is 2.21. The van der Waals surface area contributed by atoms with Crippen molar-refractivity contribution in [1.82, 2.24) is 29.9 Å². The predicted octanol–water partition coefficient (Wildman–Crippen LogP) is 1.48. The number of aromatic nitrogens is 5. The fraction of sp³-hybridized carbons (Fsp3) is 0.421. The lowest BCUT2D eigenvalue weighted by Gasteiger charge is -2.31.